The molecular formula is C20H32O. The molecule has 7 unspecified atom stereocenters. The molecule has 4 rings (SSSR count). The van der Waals surface area contributed by atoms with E-state index in [2.05, 4.69) is 13.8 Å². The lowest BCUT2D eigenvalue weighted by Gasteiger charge is -2.60. The lowest BCUT2D eigenvalue weighted by atomic mass is 9.45. The molecule has 4 aliphatic rings. The Balaban J connectivity index is 1.64. The molecule has 0 spiro atoms. The Labute approximate surface area is 130 Å². The van der Waals surface area contributed by atoms with Gasteiger partial charge in [-0.15, -0.1) is 0 Å². The third-order valence-electron chi connectivity index (χ3n) is 8.82. The molecule has 0 bridgehead atoms. The summed E-state index contributed by atoms with van der Waals surface area (Å²) in [6.07, 6.45) is 15.4. The zero-order valence-electron chi connectivity index (χ0n) is 13.9. The molecule has 7 atom stereocenters. The minimum absolute atomic E-state index is 0.348. The highest BCUT2D eigenvalue weighted by molar-refractivity contribution is 5.56. The van der Waals surface area contributed by atoms with Crippen LogP contribution in [0.25, 0.3) is 0 Å². The van der Waals surface area contributed by atoms with E-state index in [1.54, 1.807) is 0 Å². The van der Waals surface area contributed by atoms with E-state index in [0.717, 1.165) is 23.7 Å². The SMILES string of the molecule is CC12CCC3C(CCC4CCCCC43C)C1CCC2C=O. The van der Waals surface area contributed by atoms with Crippen LogP contribution in [-0.4, -0.2) is 6.29 Å². The Morgan fingerprint density at radius 3 is 2.43 bits per heavy atom. The van der Waals surface area contributed by atoms with Crippen LogP contribution < -0.4 is 0 Å². The standard InChI is InChI=1S/C20H32O/c1-19-11-4-3-5-14(19)6-8-16-17-9-7-15(13-21)20(17,2)12-10-18(16)19/h13-18H,3-12H2,1-2H3. The van der Waals surface area contributed by atoms with Crippen LogP contribution in [0, 0.1) is 40.4 Å². The van der Waals surface area contributed by atoms with Crippen molar-refractivity contribution in [2.24, 2.45) is 40.4 Å². The van der Waals surface area contributed by atoms with Crippen molar-refractivity contribution in [1.29, 1.82) is 0 Å². The minimum atomic E-state index is 0.348. The molecule has 0 aromatic carbocycles. The second-order valence-electron chi connectivity index (χ2n) is 9.27. The van der Waals surface area contributed by atoms with Crippen LogP contribution in [0.15, 0.2) is 0 Å². The lowest BCUT2D eigenvalue weighted by Crippen LogP contribution is -2.52. The van der Waals surface area contributed by atoms with Crippen molar-refractivity contribution in [1.82, 2.24) is 0 Å². The topological polar surface area (TPSA) is 17.1 Å². The third-order valence-corrected chi connectivity index (χ3v) is 8.82. The first-order valence-electron chi connectivity index (χ1n) is 9.55. The van der Waals surface area contributed by atoms with Crippen molar-refractivity contribution in [3.05, 3.63) is 0 Å². The van der Waals surface area contributed by atoms with E-state index in [1.807, 2.05) is 0 Å². The Bertz CT molecular complexity index is 430. The summed E-state index contributed by atoms with van der Waals surface area (Å²) in [4.78, 5) is 11.5. The summed E-state index contributed by atoms with van der Waals surface area (Å²) < 4.78 is 0. The number of hydrogen-bond acceptors (Lipinski definition) is 1. The first-order chi connectivity index (χ1) is 10.1. The predicted octanol–water partition coefficient (Wildman–Crippen LogP) is 5.23. The number of aldehydes is 1. The fourth-order valence-electron chi connectivity index (χ4n) is 7.56. The van der Waals surface area contributed by atoms with Gasteiger partial charge in [0.2, 0.25) is 0 Å². The van der Waals surface area contributed by atoms with Gasteiger partial charge in [-0.2, -0.15) is 0 Å². The van der Waals surface area contributed by atoms with E-state index in [1.165, 1.54) is 70.5 Å². The summed E-state index contributed by atoms with van der Waals surface area (Å²) in [5, 5.41) is 0. The quantitative estimate of drug-likeness (QED) is 0.603. The van der Waals surface area contributed by atoms with Gasteiger partial charge in [0.1, 0.15) is 6.29 Å². The summed E-state index contributed by atoms with van der Waals surface area (Å²) in [5.41, 5.74) is 0.989. The molecule has 0 amide bonds. The van der Waals surface area contributed by atoms with Crippen LogP contribution >= 0.6 is 0 Å². The zero-order chi connectivity index (χ0) is 14.7. The van der Waals surface area contributed by atoms with Gasteiger partial charge in [-0.25, -0.2) is 0 Å². The number of carbonyl (C=O) groups is 1. The molecule has 0 aliphatic heterocycles. The largest absolute Gasteiger partial charge is 0.303 e. The highest BCUT2D eigenvalue weighted by Gasteiger charge is 2.59. The Kier molecular flexibility index (Phi) is 3.28. The minimum Gasteiger partial charge on any atom is -0.303 e. The van der Waals surface area contributed by atoms with Crippen LogP contribution in [0.5, 0.6) is 0 Å². The van der Waals surface area contributed by atoms with Gasteiger partial charge in [0.25, 0.3) is 0 Å². The molecule has 4 saturated carbocycles. The van der Waals surface area contributed by atoms with Crippen molar-refractivity contribution < 1.29 is 4.79 Å². The average Bonchev–Trinajstić information content (AvgIpc) is 2.83. The van der Waals surface area contributed by atoms with Crippen LogP contribution in [0.4, 0.5) is 0 Å². The highest BCUT2D eigenvalue weighted by Crippen LogP contribution is 2.67. The first kappa shape index (κ1) is 14.3. The Morgan fingerprint density at radius 1 is 0.810 bits per heavy atom. The molecule has 0 aromatic heterocycles. The van der Waals surface area contributed by atoms with Gasteiger partial charge in [0.15, 0.2) is 0 Å². The maximum absolute atomic E-state index is 11.5. The van der Waals surface area contributed by atoms with E-state index in [0.29, 0.717) is 16.7 Å². The molecule has 1 nitrogen and oxygen atoms in total. The Morgan fingerprint density at radius 2 is 1.62 bits per heavy atom. The summed E-state index contributed by atoms with van der Waals surface area (Å²) in [5.74, 6) is 4.14. The Hall–Kier alpha value is -0.330. The second kappa shape index (κ2) is 4.83. The number of carbonyl (C=O) groups excluding carboxylic acids is 1. The number of fused-ring (bicyclic) bond motifs is 5. The summed E-state index contributed by atoms with van der Waals surface area (Å²) in [6.45, 7) is 5.09. The van der Waals surface area contributed by atoms with E-state index >= 15 is 0 Å². The van der Waals surface area contributed by atoms with Crippen LogP contribution in [0.3, 0.4) is 0 Å². The third kappa shape index (κ3) is 1.85. The fraction of sp³-hybridized carbons (Fsp3) is 0.950. The monoisotopic (exact) mass is 288 g/mol. The van der Waals surface area contributed by atoms with Gasteiger partial charge >= 0.3 is 0 Å². The van der Waals surface area contributed by atoms with Gasteiger partial charge in [-0.3, -0.25) is 0 Å². The van der Waals surface area contributed by atoms with E-state index in [4.69, 9.17) is 0 Å². The van der Waals surface area contributed by atoms with E-state index < -0.39 is 0 Å². The van der Waals surface area contributed by atoms with Crippen molar-refractivity contribution in [3.8, 4) is 0 Å². The molecule has 118 valence electrons. The van der Waals surface area contributed by atoms with Crippen molar-refractivity contribution in [3.63, 3.8) is 0 Å². The zero-order valence-corrected chi connectivity index (χ0v) is 13.9. The second-order valence-corrected chi connectivity index (χ2v) is 9.27. The van der Waals surface area contributed by atoms with Crippen molar-refractivity contribution in [2.45, 2.75) is 78.1 Å². The van der Waals surface area contributed by atoms with Gasteiger partial charge < -0.3 is 4.79 Å². The molecule has 0 radical (unpaired) electrons. The van der Waals surface area contributed by atoms with Crippen LogP contribution in [0.1, 0.15) is 78.1 Å². The molecule has 0 aromatic rings. The lowest BCUT2D eigenvalue weighted by molar-refractivity contribution is -0.125. The highest BCUT2D eigenvalue weighted by atomic mass is 16.1. The summed E-state index contributed by atoms with van der Waals surface area (Å²) in [6, 6.07) is 0. The molecular weight excluding hydrogens is 256 g/mol. The van der Waals surface area contributed by atoms with Crippen molar-refractivity contribution >= 4 is 6.29 Å². The predicted molar refractivity (Wildman–Crippen MR) is 85.9 cm³/mol. The van der Waals surface area contributed by atoms with Gasteiger partial charge in [0, 0.05) is 5.92 Å². The molecule has 0 N–H and O–H groups in total. The normalized spacial score (nSPS) is 56.2. The molecule has 0 saturated heterocycles. The number of hydrogen-bond donors (Lipinski definition) is 0. The van der Waals surface area contributed by atoms with Crippen LogP contribution in [0.2, 0.25) is 0 Å². The maximum Gasteiger partial charge on any atom is 0.123 e. The molecule has 4 aliphatic carbocycles. The van der Waals surface area contributed by atoms with Gasteiger partial charge in [0.05, 0.1) is 0 Å². The maximum atomic E-state index is 11.5. The van der Waals surface area contributed by atoms with Gasteiger partial charge in [-0.05, 0) is 85.9 Å². The summed E-state index contributed by atoms with van der Waals surface area (Å²) >= 11 is 0. The molecule has 21 heavy (non-hydrogen) atoms. The molecule has 1 heteroatoms. The number of rotatable bonds is 1. The summed E-state index contributed by atoms with van der Waals surface area (Å²) in [7, 11) is 0. The van der Waals surface area contributed by atoms with E-state index in [9.17, 15) is 4.79 Å². The molecule has 0 heterocycles. The first-order valence-corrected chi connectivity index (χ1v) is 9.55. The van der Waals surface area contributed by atoms with Crippen LogP contribution in [-0.2, 0) is 4.79 Å². The average molecular weight is 288 g/mol. The smallest absolute Gasteiger partial charge is 0.123 e. The van der Waals surface area contributed by atoms with Crippen molar-refractivity contribution in [2.75, 3.05) is 0 Å². The fourth-order valence-corrected chi connectivity index (χ4v) is 7.56. The van der Waals surface area contributed by atoms with Gasteiger partial charge in [-0.1, -0.05) is 26.7 Å². The molecule has 4 fully saturated rings. The van der Waals surface area contributed by atoms with E-state index in [-0.39, 0.29) is 0 Å².